The number of hydrogen-bond acceptors (Lipinski definition) is 2. The van der Waals surface area contributed by atoms with Crippen LogP contribution in [0.2, 0.25) is 0 Å². The van der Waals surface area contributed by atoms with Gasteiger partial charge in [0.15, 0.2) is 0 Å². The zero-order valence-corrected chi connectivity index (χ0v) is 21.8. The molecule has 0 radical (unpaired) electrons. The van der Waals surface area contributed by atoms with Gasteiger partial charge in [-0.15, -0.1) is 0 Å². The Morgan fingerprint density at radius 1 is 0.325 bits per heavy atom. The van der Waals surface area contributed by atoms with Gasteiger partial charge in [-0.3, -0.25) is 9.97 Å². The molecule has 0 aliphatic heterocycles. The van der Waals surface area contributed by atoms with Gasteiger partial charge in [-0.2, -0.15) is 0 Å². The van der Waals surface area contributed by atoms with E-state index in [1.54, 1.807) is 0 Å². The third-order valence-electron chi connectivity index (χ3n) is 7.91. The summed E-state index contributed by atoms with van der Waals surface area (Å²) in [6.45, 7) is 0. The average Bonchev–Trinajstić information content (AvgIpc) is 3.37. The maximum atomic E-state index is 4.95. The molecule has 8 rings (SSSR count). The van der Waals surface area contributed by atoms with E-state index in [4.69, 9.17) is 9.97 Å². The van der Waals surface area contributed by atoms with E-state index in [0.717, 1.165) is 22.5 Å². The summed E-state index contributed by atoms with van der Waals surface area (Å²) >= 11 is 0. The van der Waals surface area contributed by atoms with Crippen LogP contribution < -0.4 is 0 Å². The predicted octanol–water partition coefficient (Wildman–Crippen LogP) is 9.95. The minimum atomic E-state index is 0.935. The van der Waals surface area contributed by atoms with Crippen molar-refractivity contribution in [3.05, 3.63) is 146 Å². The van der Waals surface area contributed by atoms with Crippen LogP contribution >= 0.6 is 0 Å². The van der Waals surface area contributed by atoms with Crippen LogP contribution in [-0.2, 0) is 0 Å². The molecule has 186 valence electrons. The van der Waals surface area contributed by atoms with Crippen molar-refractivity contribution < 1.29 is 0 Å². The number of benzene rings is 5. The lowest BCUT2D eigenvalue weighted by Gasteiger charge is -2.25. The first-order valence-electron chi connectivity index (χ1n) is 13.6. The molecule has 7 aromatic rings. The summed E-state index contributed by atoms with van der Waals surface area (Å²) in [6.07, 6.45) is 3.77. The van der Waals surface area contributed by atoms with Gasteiger partial charge in [-0.1, -0.05) is 109 Å². The molecule has 2 heteroatoms. The molecule has 0 fully saturated rings. The van der Waals surface area contributed by atoms with Crippen molar-refractivity contribution in [1.29, 1.82) is 0 Å². The van der Waals surface area contributed by atoms with E-state index < -0.39 is 0 Å². The minimum absolute atomic E-state index is 0.935. The molecular weight excluding hydrogens is 484 g/mol. The SMILES string of the molecule is c1ccc(-c2c(-c3ccccn3)c(-c3ccccn3)c(-c3ccccc3)c3c2-c2cccc4cccc-3c24)cc1. The molecule has 0 spiro atoms. The summed E-state index contributed by atoms with van der Waals surface area (Å²) in [5.74, 6) is 0. The van der Waals surface area contributed by atoms with E-state index in [2.05, 4.69) is 121 Å². The zero-order chi connectivity index (χ0) is 26.5. The molecule has 2 aromatic heterocycles. The third-order valence-corrected chi connectivity index (χ3v) is 7.91. The fourth-order valence-corrected chi connectivity index (χ4v) is 6.37. The van der Waals surface area contributed by atoms with Crippen molar-refractivity contribution in [2.45, 2.75) is 0 Å². The first-order chi connectivity index (χ1) is 19.9. The Morgan fingerprint density at radius 3 is 1.20 bits per heavy atom. The standard InChI is InChI=1S/C38H24N2/c1-3-13-26(14-4-1)33-35-28-19-11-17-25-18-12-20-29(32(25)28)36(35)34(27-15-5-2-6-16-27)38(31-22-8-10-24-40-31)37(33)30-21-7-9-23-39-30/h1-24H. The molecule has 0 atom stereocenters. The second-order valence-electron chi connectivity index (χ2n) is 10.1. The molecule has 0 bridgehead atoms. The van der Waals surface area contributed by atoms with E-state index in [1.807, 2.05) is 24.5 Å². The molecular formula is C38H24N2. The predicted molar refractivity (Wildman–Crippen MR) is 166 cm³/mol. The Bertz CT molecular complexity index is 1870. The van der Waals surface area contributed by atoms with Crippen LogP contribution in [-0.4, -0.2) is 9.97 Å². The fraction of sp³-hybridized carbons (Fsp3) is 0. The monoisotopic (exact) mass is 508 g/mol. The van der Waals surface area contributed by atoms with Crippen LogP contribution in [0.3, 0.4) is 0 Å². The first-order valence-corrected chi connectivity index (χ1v) is 13.6. The average molecular weight is 509 g/mol. The largest absolute Gasteiger partial charge is 0.256 e. The van der Waals surface area contributed by atoms with E-state index >= 15 is 0 Å². The van der Waals surface area contributed by atoms with Gasteiger partial charge in [-0.25, -0.2) is 0 Å². The Labute approximate surface area is 233 Å². The molecule has 1 aliphatic rings. The molecule has 0 saturated heterocycles. The highest BCUT2D eigenvalue weighted by Gasteiger charge is 2.34. The number of aromatic nitrogens is 2. The van der Waals surface area contributed by atoms with Crippen molar-refractivity contribution in [1.82, 2.24) is 9.97 Å². The van der Waals surface area contributed by atoms with Crippen LogP contribution in [0.4, 0.5) is 0 Å². The summed E-state index contributed by atoms with van der Waals surface area (Å²) in [6, 6.07) is 47.2. The lowest BCUT2D eigenvalue weighted by Crippen LogP contribution is -2.01. The Kier molecular flexibility index (Phi) is 5.17. The Morgan fingerprint density at radius 2 is 0.775 bits per heavy atom. The molecule has 40 heavy (non-hydrogen) atoms. The highest BCUT2D eigenvalue weighted by atomic mass is 14.7. The first kappa shape index (κ1) is 22.6. The van der Waals surface area contributed by atoms with Gasteiger partial charge in [0.05, 0.1) is 11.4 Å². The highest BCUT2D eigenvalue weighted by Crippen LogP contribution is 2.60. The Hall–Kier alpha value is -5.34. The molecule has 5 aromatic carbocycles. The normalized spacial score (nSPS) is 11.5. The van der Waals surface area contributed by atoms with Gasteiger partial charge in [0.2, 0.25) is 0 Å². The Balaban J connectivity index is 1.69. The van der Waals surface area contributed by atoms with Gasteiger partial charge < -0.3 is 0 Å². The molecule has 0 unspecified atom stereocenters. The molecule has 0 amide bonds. The van der Waals surface area contributed by atoms with Gasteiger partial charge in [-0.05, 0) is 68.4 Å². The van der Waals surface area contributed by atoms with Gasteiger partial charge in [0.1, 0.15) is 0 Å². The molecule has 2 heterocycles. The van der Waals surface area contributed by atoms with Crippen molar-refractivity contribution in [2.24, 2.45) is 0 Å². The van der Waals surface area contributed by atoms with E-state index in [1.165, 1.54) is 55.3 Å². The third kappa shape index (κ3) is 3.36. The van der Waals surface area contributed by atoms with E-state index in [-0.39, 0.29) is 0 Å². The molecule has 0 N–H and O–H groups in total. The van der Waals surface area contributed by atoms with Crippen LogP contribution in [0.5, 0.6) is 0 Å². The number of nitrogens with zero attached hydrogens (tertiary/aromatic N) is 2. The van der Waals surface area contributed by atoms with E-state index in [0.29, 0.717) is 0 Å². The van der Waals surface area contributed by atoms with Gasteiger partial charge >= 0.3 is 0 Å². The highest BCUT2D eigenvalue weighted by molar-refractivity contribution is 6.25. The summed E-state index contributed by atoms with van der Waals surface area (Å²) in [5, 5.41) is 2.56. The zero-order valence-electron chi connectivity index (χ0n) is 21.8. The second-order valence-corrected chi connectivity index (χ2v) is 10.1. The molecule has 2 nitrogen and oxygen atoms in total. The smallest absolute Gasteiger partial charge is 0.0715 e. The topological polar surface area (TPSA) is 25.8 Å². The number of fused-ring (bicyclic) bond motifs is 3. The maximum absolute atomic E-state index is 4.95. The number of rotatable bonds is 4. The van der Waals surface area contributed by atoms with Crippen molar-refractivity contribution in [3.8, 4) is 67.0 Å². The summed E-state index contributed by atoms with van der Waals surface area (Å²) in [4.78, 5) is 9.90. The second kappa shape index (κ2) is 9.14. The van der Waals surface area contributed by atoms with Gasteiger partial charge in [0, 0.05) is 34.6 Å². The maximum Gasteiger partial charge on any atom is 0.0715 e. The van der Waals surface area contributed by atoms with Crippen LogP contribution in [0.25, 0.3) is 77.8 Å². The molecule has 1 aliphatic carbocycles. The number of pyridine rings is 2. The summed E-state index contributed by atoms with van der Waals surface area (Å²) < 4.78 is 0. The van der Waals surface area contributed by atoms with Crippen molar-refractivity contribution in [3.63, 3.8) is 0 Å². The fourth-order valence-electron chi connectivity index (χ4n) is 6.37. The summed E-state index contributed by atoms with van der Waals surface area (Å²) in [7, 11) is 0. The van der Waals surface area contributed by atoms with E-state index in [9.17, 15) is 0 Å². The quantitative estimate of drug-likeness (QED) is 0.236. The minimum Gasteiger partial charge on any atom is -0.256 e. The van der Waals surface area contributed by atoms with Crippen molar-refractivity contribution in [2.75, 3.05) is 0 Å². The van der Waals surface area contributed by atoms with Crippen LogP contribution in [0.1, 0.15) is 0 Å². The summed E-state index contributed by atoms with van der Waals surface area (Å²) in [5.41, 5.74) is 13.9. The van der Waals surface area contributed by atoms with Crippen molar-refractivity contribution >= 4 is 10.8 Å². The lowest BCUT2D eigenvalue weighted by atomic mass is 9.78. The number of hydrogen-bond donors (Lipinski definition) is 0. The van der Waals surface area contributed by atoms with Gasteiger partial charge in [0.25, 0.3) is 0 Å². The lowest BCUT2D eigenvalue weighted by molar-refractivity contribution is 1.30. The van der Waals surface area contributed by atoms with Crippen LogP contribution in [0, 0.1) is 0 Å². The van der Waals surface area contributed by atoms with Crippen LogP contribution in [0.15, 0.2) is 146 Å². The molecule has 0 saturated carbocycles.